The molecule has 0 unspecified atom stereocenters. The van der Waals surface area contributed by atoms with Gasteiger partial charge in [-0.25, -0.2) is 12.8 Å². The van der Waals surface area contributed by atoms with E-state index in [2.05, 4.69) is 9.98 Å². The summed E-state index contributed by atoms with van der Waals surface area (Å²) in [6, 6.07) is 9.59. The van der Waals surface area contributed by atoms with Crippen LogP contribution in [0.15, 0.2) is 70.3 Å². The molecule has 3 heterocycles. The minimum absolute atomic E-state index is 0.150. The van der Waals surface area contributed by atoms with E-state index in [4.69, 9.17) is 0 Å². The van der Waals surface area contributed by atoms with Crippen molar-refractivity contribution in [1.29, 1.82) is 0 Å². The Hall–Kier alpha value is -2.69. The van der Waals surface area contributed by atoms with Crippen molar-refractivity contribution in [3.8, 4) is 0 Å². The molecule has 162 valence electrons. The average Bonchev–Trinajstić information content (AvgIpc) is 3.22. The first-order chi connectivity index (χ1) is 14.9. The van der Waals surface area contributed by atoms with Crippen LogP contribution in [0.1, 0.15) is 18.4 Å². The highest BCUT2D eigenvalue weighted by atomic mass is 32.2. The molecule has 7 nitrogen and oxygen atoms in total. The molecular formula is C21H21FN4O3S2. The van der Waals surface area contributed by atoms with Crippen molar-refractivity contribution >= 4 is 27.3 Å². The van der Waals surface area contributed by atoms with Crippen LogP contribution in [-0.4, -0.2) is 41.3 Å². The Morgan fingerprint density at radius 3 is 2.68 bits per heavy atom. The monoisotopic (exact) mass is 460 g/mol. The lowest BCUT2D eigenvalue weighted by atomic mass is 9.98. The van der Waals surface area contributed by atoms with Gasteiger partial charge in [-0.05, 0) is 31.0 Å². The molecule has 1 saturated heterocycles. The highest BCUT2D eigenvalue weighted by molar-refractivity contribution is 7.89. The number of pyridine rings is 1. The Morgan fingerprint density at radius 2 is 1.97 bits per heavy atom. The number of aromatic nitrogens is 2. The van der Waals surface area contributed by atoms with Crippen molar-refractivity contribution in [3.05, 3.63) is 76.6 Å². The maximum absolute atomic E-state index is 14.0. The number of benzene rings is 1. The second-order valence-corrected chi connectivity index (χ2v) is 10.0. The smallest absolute Gasteiger partial charge is 0.251 e. The molecule has 1 aromatic carbocycles. The number of sulfonamides is 1. The van der Waals surface area contributed by atoms with E-state index in [-0.39, 0.29) is 42.2 Å². The van der Waals surface area contributed by atoms with Crippen LogP contribution in [0.2, 0.25) is 0 Å². The maximum atomic E-state index is 14.0. The largest absolute Gasteiger partial charge is 0.319 e. The fourth-order valence-corrected chi connectivity index (χ4v) is 5.66. The van der Waals surface area contributed by atoms with E-state index in [1.807, 2.05) is 0 Å². The second-order valence-electron chi connectivity index (χ2n) is 7.22. The first-order valence-electron chi connectivity index (χ1n) is 9.81. The van der Waals surface area contributed by atoms with E-state index in [0.29, 0.717) is 23.2 Å². The summed E-state index contributed by atoms with van der Waals surface area (Å²) >= 11 is 1.31. The highest BCUT2D eigenvalue weighted by Crippen LogP contribution is 2.24. The third-order valence-electron chi connectivity index (χ3n) is 5.24. The van der Waals surface area contributed by atoms with Crippen molar-refractivity contribution in [1.82, 2.24) is 13.9 Å². The second kappa shape index (κ2) is 9.21. The zero-order chi connectivity index (χ0) is 21.8. The maximum Gasteiger partial charge on any atom is 0.251 e. The van der Waals surface area contributed by atoms with E-state index in [1.54, 1.807) is 40.4 Å². The van der Waals surface area contributed by atoms with Gasteiger partial charge in [0.05, 0.1) is 6.54 Å². The van der Waals surface area contributed by atoms with Crippen molar-refractivity contribution in [2.75, 3.05) is 13.1 Å². The van der Waals surface area contributed by atoms with E-state index in [0.717, 1.165) is 0 Å². The Bertz CT molecular complexity index is 1230. The van der Waals surface area contributed by atoms with Crippen LogP contribution in [0.25, 0.3) is 0 Å². The number of halogens is 1. The Kier molecular flexibility index (Phi) is 6.40. The van der Waals surface area contributed by atoms with Gasteiger partial charge in [0.2, 0.25) is 10.0 Å². The molecule has 1 aliphatic rings. The molecule has 1 amide bonds. The number of hydrogen-bond acceptors (Lipinski definition) is 5. The molecule has 0 bridgehead atoms. The fourth-order valence-electron chi connectivity index (χ4n) is 3.49. The van der Waals surface area contributed by atoms with E-state index >= 15 is 0 Å². The SMILES string of the molecule is O=C(N=c1sccn1Cc1ccccc1F)C1CCN(S(=O)(=O)c2cccnc2)CC1. The van der Waals surface area contributed by atoms with Crippen molar-refractivity contribution in [2.45, 2.75) is 24.3 Å². The molecule has 0 radical (unpaired) electrons. The molecule has 1 aliphatic heterocycles. The minimum atomic E-state index is -3.62. The Labute approximate surface area is 183 Å². The number of thiazole rings is 1. The van der Waals surface area contributed by atoms with Crippen molar-refractivity contribution in [3.63, 3.8) is 0 Å². The molecule has 2 aromatic heterocycles. The molecule has 3 aromatic rings. The van der Waals surface area contributed by atoms with Gasteiger partial charge in [0.25, 0.3) is 5.91 Å². The molecule has 0 aliphatic carbocycles. The van der Waals surface area contributed by atoms with Crippen LogP contribution in [0.4, 0.5) is 4.39 Å². The fraction of sp³-hybridized carbons (Fsp3) is 0.286. The zero-order valence-corrected chi connectivity index (χ0v) is 18.2. The molecule has 0 N–H and O–H groups in total. The van der Waals surface area contributed by atoms with Gasteiger partial charge in [0.1, 0.15) is 10.7 Å². The summed E-state index contributed by atoms with van der Waals surface area (Å²) in [6.07, 6.45) is 5.43. The number of carbonyl (C=O) groups excluding carboxylic acids is 1. The first-order valence-corrected chi connectivity index (χ1v) is 12.1. The molecule has 0 saturated carbocycles. The molecule has 4 rings (SSSR count). The lowest BCUT2D eigenvalue weighted by molar-refractivity contribution is -0.122. The molecule has 31 heavy (non-hydrogen) atoms. The van der Waals surface area contributed by atoms with Crippen LogP contribution in [0, 0.1) is 11.7 Å². The number of hydrogen-bond donors (Lipinski definition) is 0. The highest BCUT2D eigenvalue weighted by Gasteiger charge is 2.32. The van der Waals surface area contributed by atoms with Gasteiger partial charge in [-0.2, -0.15) is 9.30 Å². The number of rotatable bonds is 5. The zero-order valence-electron chi connectivity index (χ0n) is 16.6. The Balaban J connectivity index is 1.44. The summed E-state index contributed by atoms with van der Waals surface area (Å²) in [4.78, 5) is 21.5. The summed E-state index contributed by atoms with van der Waals surface area (Å²) < 4.78 is 42.5. The van der Waals surface area contributed by atoms with Gasteiger partial charge in [0.15, 0.2) is 4.80 Å². The van der Waals surface area contributed by atoms with Crippen LogP contribution in [0.3, 0.4) is 0 Å². The van der Waals surface area contributed by atoms with Crippen LogP contribution < -0.4 is 4.80 Å². The minimum Gasteiger partial charge on any atom is -0.319 e. The molecule has 0 atom stereocenters. The quantitative estimate of drug-likeness (QED) is 0.586. The third-order valence-corrected chi connectivity index (χ3v) is 7.92. The van der Waals surface area contributed by atoms with E-state index < -0.39 is 10.0 Å². The van der Waals surface area contributed by atoms with E-state index in [9.17, 15) is 17.6 Å². The predicted octanol–water partition coefficient (Wildman–Crippen LogP) is 2.66. The first kappa shape index (κ1) is 21.5. The summed E-state index contributed by atoms with van der Waals surface area (Å²) in [5.74, 6) is -0.923. The van der Waals surface area contributed by atoms with Gasteiger partial charge >= 0.3 is 0 Å². The molecule has 0 spiro atoms. The van der Waals surface area contributed by atoms with Gasteiger partial charge in [-0.15, -0.1) is 11.3 Å². The van der Waals surface area contributed by atoms with Crippen molar-refractivity contribution in [2.24, 2.45) is 10.9 Å². The van der Waals surface area contributed by atoms with Gasteiger partial charge in [-0.3, -0.25) is 9.78 Å². The lowest BCUT2D eigenvalue weighted by Crippen LogP contribution is -2.40. The Morgan fingerprint density at radius 1 is 1.19 bits per heavy atom. The van der Waals surface area contributed by atoms with Crippen molar-refractivity contribution < 1.29 is 17.6 Å². The van der Waals surface area contributed by atoms with Gasteiger partial charge in [0, 0.05) is 48.5 Å². The summed E-state index contributed by atoms with van der Waals surface area (Å²) in [5, 5.41) is 1.80. The topological polar surface area (TPSA) is 84.6 Å². The summed E-state index contributed by atoms with van der Waals surface area (Å²) in [6.45, 7) is 0.787. The van der Waals surface area contributed by atoms with Crippen LogP contribution in [0.5, 0.6) is 0 Å². The summed E-state index contributed by atoms with van der Waals surface area (Å²) in [7, 11) is -3.62. The third kappa shape index (κ3) is 4.81. The average molecular weight is 461 g/mol. The molecule has 10 heteroatoms. The van der Waals surface area contributed by atoms with Gasteiger partial charge in [-0.1, -0.05) is 18.2 Å². The van der Waals surface area contributed by atoms with Crippen LogP contribution >= 0.6 is 11.3 Å². The normalized spacial score (nSPS) is 16.5. The van der Waals surface area contributed by atoms with Crippen LogP contribution in [-0.2, 0) is 21.4 Å². The van der Waals surface area contributed by atoms with E-state index in [1.165, 1.54) is 40.2 Å². The predicted molar refractivity (Wildman–Crippen MR) is 114 cm³/mol. The molecule has 1 fully saturated rings. The lowest BCUT2D eigenvalue weighted by Gasteiger charge is -2.29. The summed E-state index contributed by atoms with van der Waals surface area (Å²) in [5.41, 5.74) is 0.517. The molecular weight excluding hydrogens is 439 g/mol. The number of carbonyl (C=O) groups is 1. The standard InChI is InChI=1S/C21H21FN4O3S2/c22-19-6-2-1-4-17(19)15-25-12-13-30-21(25)24-20(27)16-7-10-26(11-8-16)31(28,29)18-5-3-9-23-14-18/h1-6,9,12-14,16H,7-8,10-11,15H2. The number of amides is 1. The number of nitrogens with zero attached hydrogens (tertiary/aromatic N) is 4. The number of piperidine rings is 1. The van der Waals surface area contributed by atoms with Gasteiger partial charge < -0.3 is 4.57 Å².